The van der Waals surface area contributed by atoms with Crippen LogP contribution in [0.25, 0.3) is 0 Å². The predicted octanol–water partition coefficient (Wildman–Crippen LogP) is 1.88. The van der Waals surface area contributed by atoms with Gasteiger partial charge in [-0.25, -0.2) is 0 Å². The van der Waals surface area contributed by atoms with Gasteiger partial charge in [0.25, 0.3) is 0 Å². The van der Waals surface area contributed by atoms with Crippen LogP contribution in [-0.2, 0) is 4.74 Å². The summed E-state index contributed by atoms with van der Waals surface area (Å²) in [4.78, 5) is 0. The van der Waals surface area contributed by atoms with Crippen molar-refractivity contribution in [3.05, 3.63) is 0 Å². The molecule has 3 heteroatoms. The Labute approximate surface area is 105 Å². The van der Waals surface area contributed by atoms with Crippen LogP contribution in [-0.4, -0.2) is 31.5 Å². The predicted molar refractivity (Wildman–Crippen MR) is 68.8 cm³/mol. The van der Waals surface area contributed by atoms with Crippen LogP contribution >= 0.6 is 0 Å². The molecule has 1 unspecified atom stereocenters. The van der Waals surface area contributed by atoms with Gasteiger partial charge in [0.15, 0.2) is 0 Å². The van der Waals surface area contributed by atoms with E-state index in [1.807, 2.05) is 0 Å². The maximum atomic E-state index is 6.29. The van der Waals surface area contributed by atoms with Gasteiger partial charge in [-0.05, 0) is 31.8 Å². The lowest BCUT2D eigenvalue weighted by Crippen LogP contribution is -2.69. The maximum Gasteiger partial charge on any atom is 0.121 e. The van der Waals surface area contributed by atoms with Crippen molar-refractivity contribution in [2.45, 2.75) is 57.7 Å². The lowest BCUT2D eigenvalue weighted by molar-refractivity contribution is -0.204. The quantitative estimate of drug-likeness (QED) is 0.732. The van der Waals surface area contributed by atoms with Crippen molar-refractivity contribution in [1.82, 2.24) is 10.6 Å². The van der Waals surface area contributed by atoms with Crippen LogP contribution in [0.2, 0.25) is 0 Å². The molecule has 2 aliphatic heterocycles. The standard InChI is InChI=1S/C14H26N2O/c1-11(2)12-13(4-3-5-13)10-17-14(16-12)6-8-15-9-7-14/h11-12,15-16H,3-10H2,1-2H3. The van der Waals surface area contributed by atoms with Crippen molar-refractivity contribution in [3.63, 3.8) is 0 Å². The Morgan fingerprint density at radius 1 is 1.12 bits per heavy atom. The molecule has 2 saturated heterocycles. The third-order valence-corrected chi connectivity index (χ3v) is 5.14. The van der Waals surface area contributed by atoms with Crippen LogP contribution in [0.3, 0.4) is 0 Å². The van der Waals surface area contributed by atoms with Crippen LogP contribution in [0.4, 0.5) is 0 Å². The SMILES string of the molecule is CC(C)C1NC2(CCNCC2)OCC12CCC2. The van der Waals surface area contributed by atoms with Crippen LogP contribution in [0, 0.1) is 11.3 Å². The Morgan fingerprint density at radius 3 is 2.35 bits per heavy atom. The van der Waals surface area contributed by atoms with E-state index in [-0.39, 0.29) is 5.72 Å². The fourth-order valence-electron chi connectivity index (χ4n) is 3.93. The van der Waals surface area contributed by atoms with E-state index in [0.717, 1.165) is 32.5 Å². The first-order chi connectivity index (χ1) is 8.16. The zero-order valence-electron chi connectivity index (χ0n) is 11.2. The summed E-state index contributed by atoms with van der Waals surface area (Å²) in [6.07, 6.45) is 6.34. The molecule has 3 fully saturated rings. The number of hydrogen-bond donors (Lipinski definition) is 2. The Morgan fingerprint density at radius 2 is 1.82 bits per heavy atom. The molecular formula is C14H26N2O. The lowest BCUT2D eigenvalue weighted by Gasteiger charge is -2.58. The average Bonchev–Trinajstić information content (AvgIpc) is 2.28. The Hall–Kier alpha value is -0.120. The van der Waals surface area contributed by atoms with Crippen LogP contribution in [0.15, 0.2) is 0 Å². The molecule has 3 aliphatic rings. The smallest absolute Gasteiger partial charge is 0.121 e. The second-order valence-corrected chi connectivity index (χ2v) is 6.61. The molecule has 3 nitrogen and oxygen atoms in total. The highest BCUT2D eigenvalue weighted by Crippen LogP contribution is 2.50. The minimum Gasteiger partial charge on any atom is -0.360 e. The van der Waals surface area contributed by atoms with Crippen molar-refractivity contribution >= 4 is 0 Å². The van der Waals surface area contributed by atoms with Gasteiger partial charge in [0.1, 0.15) is 5.72 Å². The van der Waals surface area contributed by atoms with Crippen molar-refractivity contribution in [2.24, 2.45) is 11.3 Å². The second-order valence-electron chi connectivity index (χ2n) is 6.61. The summed E-state index contributed by atoms with van der Waals surface area (Å²) in [6, 6.07) is 0.656. The van der Waals surface area contributed by atoms with E-state index in [9.17, 15) is 0 Å². The van der Waals surface area contributed by atoms with Gasteiger partial charge in [-0.15, -0.1) is 0 Å². The summed E-state index contributed by atoms with van der Waals surface area (Å²) in [5.41, 5.74) is 0.450. The number of piperidine rings is 1. The summed E-state index contributed by atoms with van der Waals surface area (Å²) in [5, 5.41) is 7.33. The molecule has 0 amide bonds. The summed E-state index contributed by atoms with van der Waals surface area (Å²) < 4.78 is 6.29. The molecule has 2 N–H and O–H groups in total. The monoisotopic (exact) mass is 238 g/mol. The molecule has 0 bridgehead atoms. The van der Waals surface area contributed by atoms with Crippen molar-refractivity contribution in [3.8, 4) is 0 Å². The largest absolute Gasteiger partial charge is 0.360 e. The van der Waals surface area contributed by atoms with E-state index < -0.39 is 0 Å². The van der Waals surface area contributed by atoms with Crippen LogP contribution in [0.5, 0.6) is 0 Å². The third-order valence-electron chi connectivity index (χ3n) is 5.14. The number of ether oxygens (including phenoxy) is 1. The van der Waals surface area contributed by atoms with Gasteiger partial charge in [0.2, 0.25) is 0 Å². The molecule has 0 aromatic heterocycles. The van der Waals surface area contributed by atoms with Gasteiger partial charge in [0.05, 0.1) is 6.61 Å². The molecule has 2 heterocycles. The number of rotatable bonds is 1. The fraction of sp³-hybridized carbons (Fsp3) is 1.00. The third kappa shape index (κ3) is 1.92. The normalized spacial score (nSPS) is 35.1. The molecule has 3 rings (SSSR count). The van der Waals surface area contributed by atoms with Gasteiger partial charge in [-0.1, -0.05) is 20.3 Å². The van der Waals surface area contributed by atoms with Gasteiger partial charge >= 0.3 is 0 Å². The second kappa shape index (κ2) is 4.22. The average molecular weight is 238 g/mol. The Bertz CT molecular complexity index is 280. The molecule has 0 aromatic carbocycles. The molecule has 1 atom stereocenters. The first kappa shape index (κ1) is 11.9. The van der Waals surface area contributed by atoms with E-state index in [1.165, 1.54) is 19.3 Å². The Balaban J connectivity index is 1.76. The number of nitrogens with one attached hydrogen (secondary N) is 2. The highest BCUT2D eigenvalue weighted by molar-refractivity contribution is 5.05. The van der Waals surface area contributed by atoms with E-state index in [0.29, 0.717) is 17.4 Å². The zero-order valence-corrected chi connectivity index (χ0v) is 11.2. The molecule has 98 valence electrons. The van der Waals surface area contributed by atoms with Gasteiger partial charge in [0, 0.05) is 24.3 Å². The first-order valence-electron chi connectivity index (χ1n) is 7.28. The van der Waals surface area contributed by atoms with Gasteiger partial charge in [-0.2, -0.15) is 0 Å². The summed E-state index contributed by atoms with van der Waals surface area (Å²) in [5.74, 6) is 0.714. The molecule has 2 spiro atoms. The molecule has 0 radical (unpaired) electrons. The van der Waals surface area contributed by atoms with Crippen molar-refractivity contribution < 1.29 is 4.74 Å². The van der Waals surface area contributed by atoms with E-state index in [1.54, 1.807) is 0 Å². The molecule has 0 aromatic rings. The Kier molecular flexibility index (Phi) is 2.96. The van der Waals surface area contributed by atoms with Crippen molar-refractivity contribution in [1.29, 1.82) is 0 Å². The summed E-state index contributed by atoms with van der Waals surface area (Å²) >= 11 is 0. The highest BCUT2D eigenvalue weighted by atomic mass is 16.5. The minimum atomic E-state index is -0.0129. The first-order valence-corrected chi connectivity index (χ1v) is 7.28. The summed E-state index contributed by atoms with van der Waals surface area (Å²) in [7, 11) is 0. The molecular weight excluding hydrogens is 212 g/mol. The number of hydrogen-bond acceptors (Lipinski definition) is 3. The van der Waals surface area contributed by atoms with Crippen molar-refractivity contribution in [2.75, 3.05) is 19.7 Å². The minimum absolute atomic E-state index is 0.0129. The fourth-order valence-corrected chi connectivity index (χ4v) is 3.93. The lowest BCUT2D eigenvalue weighted by atomic mass is 9.60. The van der Waals surface area contributed by atoms with E-state index >= 15 is 0 Å². The molecule has 1 saturated carbocycles. The highest BCUT2D eigenvalue weighted by Gasteiger charge is 2.53. The van der Waals surface area contributed by atoms with Gasteiger partial charge < -0.3 is 10.1 Å². The van der Waals surface area contributed by atoms with Gasteiger partial charge in [-0.3, -0.25) is 5.32 Å². The maximum absolute atomic E-state index is 6.29. The van der Waals surface area contributed by atoms with Crippen LogP contribution in [0.1, 0.15) is 46.0 Å². The zero-order chi connectivity index (χ0) is 11.9. The molecule has 1 aliphatic carbocycles. The summed E-state index contributed by atoms with van der Waals surface area (Å²) in [6.45, 7) is 7.88. The molecule has 17 heavy (non-hydrogen) atoms. The van der Waals surface area contributed by atoms with Crippen LogP contribution < -0.4 is 10.6 Å². The van der Waals surface area contributed by atoms with E-state index in [2.05, 4.69) is 24.5 Å². The topological polar surface area (TPSA) is 33.3 Å². The van der Waals surface area contributed by atoms with E-state index in [4.69, 9.17) is 4.74 Å².